The summed E-state index contributed by atoms with van der Waals surface area (Å²) in [6.07, 6.45) is 9.34. The highest BCUT2D eigenvalue weighted by atomic mass is 32.2. The molecular formula is C10H21NS. The van der Waals surface area contributed by atoms with Crippen LogP contribution in [-0.4, -0.2) is 12.8 Å². The van der Waals surface area contributed by atoms with E-state index in [9.17, 15) is 0 Å². The van der Waals surface area contributed by atoms with Gasteiger partial charge in [0.05, 0.1) is 0 Å². The first-order valence-corrected chi connectivity index (χ1v) is 6.31. The van der Waals surface area contributed by atoms with Gasteiger partial charge >= 0.3 is 0 Å². The predicted octanol–water partition coefficient (Wildman–Crippen LogP) is 3.07. The molecule has 1 fully saturated rings. The molecule has 0 aromatic rings. The highest BCUT2D eigenvalue weighted by Crippen LogP contribution is 2.26. The van der Waals surface area contributed by atoms with Gasteiger partial charge in [0.1, 0.15) is 0 Å². The van der Waals surface area contributed by atoms with Crippen LogP contribution in [0.15, 0.2) is 0 Å². The standard InChI is InChI=1S/C10H21NS/c1-9-4-3-5-10(7-6-9)8-11-12-2/h9-11H,3-8H2,1-2H3/t9?,10-/m0/s1. The smallest absolute Gasteiger partial charge is 0.00867 e. The Hall–Kier alpha value is 0.310. The van der Waals surface area contributed by atoms with Gasteiger partial charge in [-0.3, -0.25) is 4.72 Å². The lowest BCUT2D eigenvalue weighted by molar-refractivity contribution is 0.446. The van der Waals surface area contributed by atoms with E-state index in [1.807, 2.05) is 0 Å². The third-order valence-electron chi connectivity index (χ3n) is 2.89. The molecule has 0 amide bonds. The molecule has 0 aliphatic heterocycles. The average molecular weight is 187 g/mol. The van der Waals surface area contributed by atoms with Crippen LogP contribution in [-0.2, 0) is 0 Å². The molecule has 72 valence electrons. The van der Waals surface area contributed by atoms with Gasteiger partial charge in [0.25, 0.3) is 0 Å². The lowest BCUT2D eigenvalue weighted by Gasteiger charge is -2.13. The topological polar surface area (TPSA) is 12.0 Å². The maximum Gasteiger partial charge on any atom is 0.00867 e. The zero-order chi connectivity index (χ0) is 8.81. The second kappa shape index (κ2) is 5.87. The van der Waals surface area contributed by atoms with Crippen LogP contribution in [0.2, 0.25) is 0 Å². The van der Waals surface area contributed by atoms with Crippen LogP contribution < -0.4 is 4.72 Å². The van der Waals surface area contributed by atoms with Gasteiger partial charge in [-0.05, 0) is 30.9 Å². The number of hydrogen-bond acceptors (Lipinski definition) is 2. The predicted molar refractivity (Wildman–Crippen MR) is 57.3 cm³/mol. The summed E-state index contributed by atoms with van der Waals surface area (Å²) in [7, 11) is 0. The molecule has 0 aromatic heterocycles. The zero-order valence-corrected chi connectivity index (χ0v) is 9.12. The minimum Gasteiger partial charge on any atom is -0.264 e. The quantitative estimate of drug-likeness (QED) is 0.538. The summed E-state index contributed by atoms with van der Waals surface area (Å²) in [6.45, 7) is 3.61. The first-order valence-electron chi connectivity index (χ1n) is 5.08. The third kappa shape index (κ3) is 3.81. The summed E-state index contributed by atoms with van der Waals surface area (Å²) >= 11 is 1.75. The van der Waals surface area contributed by atoms with E-state index in [4.69, 9.17) is 0 Å². The highest BCUT2D eigenvalue weighted by Gasteiger charge is 2.15. The first kappa shape index (κ1) is 10.4. The van der Waals surface area contributed by atoms with Crippen molar-refractivity contribution in [2.45, 2.75) is 39.0 Å². The van der Waals surface area contributed by atoms with Crippen molar-refractivity contribution >= 4 is 11.9 Å². The van der Waals surface area contributed by atoms with E-state index in [-0.39, 0.29) is 0 Å². The van der Waals surface area contributed by atoms with Gasteiger partial charge in [-0.2, -0.15) is 0 Å². The Kier molecular flexibility index (Phi) is 5.08. The van der Waals surface area contributed by atoms with Crippen molar-refractivity contribution in [2.75, 3.05) is 12.8 Å². The number of rotatable bonds is 3. The number of hydrogen-bond donors (Lipinski definition) is 1. The largest absolute Gasteiger partial charge is 0.264 e. The van der Waals surface area contributed by atoms with Gasteiger partial charge in [0.15, 0.2) is 0 Å². The molecule has 1 unspecified atom stereocenters. The van der Waals surface area contributed by atoms with Crippen molar-refractivity contribution in [3.63, 3.8) is 0 Å². The second-order valence-electron chi connectivity index (χ2n) is 4.03. The number of nitrogens with one attached hydrogen (secondary N) is 1. The SMILES string of the molecule is CSNC[C@H]1CCCC(C)CC1. The molecule has 1 N–H and O–H groups in total. The Morgan fingerprint density at radius 2 is 2.08 bits per heavy atom. The summed E-state index contributed by atoms with van der Waals surface area (Å²) < 4.78 is 3.38. The fourth-order valence-electron chi connectivity index (χ4n) is 1.97. The minimum atomic E-state index is 0.947. The molecule has 12 heavy (non-hydrogen) atoms. The molecule has 0 radical (unpaired) electrons. The van der Waals surface area contributed by atoms with Crippen LogP contribution in [0, 0.1) is 11.8 Å². The normalized spacial score (nSPS) is 31.5. The van der Waals surface area contributed by atoms with Crippen molar-refractivity contribution < 1.29 is 0 Å². The fraction of sp³-hybridized carbons (Fsp3) is 1.00. The molecule has 1 saturated carbocycles. The molecule has 1 nitrogen and oxygen atoms in total. The fourth-order valence-corrected chi connectivity index (χ4v) is 2.37. The maximum atomic E-state index is 3.38. The van der Waals surface area contributed by atoms with E-state index in [2.05, 4.69) is 17.9 Å². The molecule has 0 aromatic carbocycles. The molecule has 1 aliphatic carbocycles. The Morgan fingerprint density at radius 1 is 1.25 bits per heavy atom. The molecule has 0 saturated heterocycles. The van der Waals surface area contributed by atoms with Crippen molar-refractivity contribution in [1.82, 2.24) is 4.72 Å². The van der Waals surface area contributed by atoms with Crippen molar-refractivity contribution in [2.24, 2.45) is 11.8 Å². The van der Waals surface area contributed by atoms with Crippen LogP contribution in [0.1, 0.15) is 39.0 Å². The monoisotopic (exact) mass is 187 g/mol. The third-order valence-corrected chi connectivity index (χ3v) is 3.35. The lowest BCUT2D eigenvalue weighted by Crippen LogP contribution is -2.16. The van der Waals surface area contributed by atoms with Crippen LogP contribution in [0.3, 0.4) is 0 Å². The van der Waals surface area contributed by atoms with Crippen LogP contribution in [0.25, 0.3) is 0 Å². The summed E-state index contributed by atoms with van der Waals surface area (Å²) in [5.41, 5.74) is 0. The minimum absolute atomic E-state index is 0.947. The van der Waals surface area contributed by atoms with E-state index in [1.165, 1.54) is 38.6 Å². The Morgan fingerprint density at radius 3 is 2.83 bits per heavy atom. The molecule has 1 rings (SSSR count). The molecule has 0 spiro atoms. The maximum absolute atomic E-state index is 3.38. The van der Waals surface area contributed by atoms with E-state index < -0.39 is 0 Å². The Balaban J connectivity index is 2.17. The molecule has 0 heterocycles. The van der Waals surface area contributed by atoms with E-state index in [1.54, 1.807) is 11.9 Å². The van der Waals surface area contributed by atoms with Crippen molar-refractivity contribution in [3.05, 3.63) is 0 Å². The van der Waals surface area contributed by atoms with Crippen LogP contribution in [0.4, 0.5) is 0 Å². The molecule has 2 atom stereocenters. The zero-order valence-electron chi connectivity index (χ0n) is 8.31. The van der Waals surface area contributed by atoms with Crippen molar-refractivity contribution in [3.8, 4) is 0 Å². The summed E-state index contributed by atoms with van der Waals surface area (Å²) in [4.78, 5) is 0. The highest BCUT2D eigenvalue weighted by molar-refractivity contribution is 7.96. The summed E-state index contributed by atoms with van der Waals surface area (Å²) in [5.74, 6) is 1.92. The van der Waals surface area contributed by atoms with Gasteiger partial charge in [-0.25, -0.2) is 0 Å². The van der Waals surface area contributed by atoms with Gasteiger partial charge in [0, 0.05) is 6.54 Å². The second-order valence-corrected chi connectivity index (χ2v) is 4.73. The molecule has 2 heteroatoms. The molecule has 1 aliphatic rings. The molecular weight excluding hydrogens is 166 g/mol. The Bertz CT molecular complexity index is 114. The summed E-state index contributed by atoms with van der Waals surface area (Å²) in [5, 5.41) is 0. The summed E-state index contributed by atoms with van der Waals surface area (Å²) in [6, 6.07) is 0. The van der Waals surface area contributed by atoms with E-state index in [0.29, 0.717) is 0 Å². The average Bonchev–Trinajstić information content (AvgIpc) is 2.27. The van der Waals surface area contributed by atoms with Crippen LogP contribution >= 0.6 is 11.9 Å². The Labute approximate surface area is 80.8 Å². The molecule has 0 bridgehead atoms. The van der Waals surface area contributed by atoms with Gasteiger partial charge < -0.3 is 0 Å². The van der Waals surface area contributed by atoms with Crippen LogP contribution in [0.5, 0.6) is 0 Å². The lowest BCUT2D eigenvalue weighted by atomic mass is 9.99. The van der Waals surface area contributed by atoms with Gasteiger partial charge in [0.2, 0.25) is 0 Å². The first-order chi connectivity index (χ1) is 5.83. The van der Waals surface area contributed by atoms with E-state index >= 15 is 0 Å². The van der Waals surface area contributed by atoms with Gasteiger partial charge in [-0.15, -0.1) is 0 Å². The van der Waals surface area contributed by atoms with E-state index in [0.717, 1.165) is 11.8 Å². The van der Waals surface area contributed by atoms with Gasteiger partial charge in [-0.1, -0.05) is 38.1 Å². The van der Waals surface area contributed by atoms with Crippen molar-refractivity contribution in [1.29, 1.82) is 0 Å².